The van der Waals surface area contributed by atoms with Gasteiger partial charge in [0.2, 0.25) is 0 Å². The van der Waals surface area contributed by atoms with Gasteiger partial charge in [0, 0.05) is 17.5 Å². The molecule has 9 heteroatoms. The van der Waals surface area contributed by atoms with Gasteiger partial charge >= 0.3 is 6.03 Å². The van der Waals surface area contributed by atoms with E-state index in [9.17, 15) is 18.4 Å². The van der Waals surface area contributed by atoms with E-state index < -0.39 is 29.6 Å². The molecule has 29 heavy (non-hydrogen) atoms. The maximum Gasteiger partial charge on any atom is 0.319 e. The first-order valence-electron chi connectivity index (χ1n) is 8.60. The van der Waals surface area contributed by atoms with Gasteiger partial charge in [0.25, 0.3) is 5.91 Å². The number of urea groups is 1. The molecule has 0 unspecified atom stereocenters. The second-order valence-electron chi connectivity index (χ2n) is 6.27. The first-order chi connectivity index (χ1) is 13.8. The summed E-state index contributed by atoms with van der Waals surface area (Å²) in [6.07, 6.45) is 0. The fraction of sp³-hybridized carbons (Fsp3) is 0.200. The van der Waals surface area contributed by atoms with Crippen LogP contribution in [0.1, 0.15) is 18.5 Å². The molecule has 3 rings (SSSR count). The maximum atomic E-state index is 13.5. The summed E-state index contributed by atoms with van der Waals surface area (Å²) in [6, 6.07) is 6.75. The molecular formula is C20H19F2N3O4. The number of anilines is 1. The van der Waals surface area contributed by atoms with Crippen molar-refractivity contribution in [3.63, 3.8) is 0 Å². The number of allylic oxidation sites excluding steroid dienone is 1. The number of amides is 3. The lowest BCUT2D eigenvalue weighted by Crippen LogP contribution is -2.46. The molecule has 0 aromatic heterocycles. The Balaban J connectivity index is 1.97. The van der Waals surface area contributed by atoms with E-state index in [2.05, 4.69) is 16.0 Å². The summed E-state index contributed by atoms with van der Waals surface area (Å²) in [7, 11) is 2.97. The summed E-state index contributed by atoms with van der Waals surface area (Å²) in [6.45, 7) is 1.58. The molecule has 7 nitrogen and oxygen atoms in total. The summed E-state index contributed by atoms with van der Waals surface area (Å²) in [4.78, 5) is 24.9. The first-order valence-corrected chi connectivity index (χ1v) is 8.60. The summed E-state index contributed by atoms with van der Waals surface area (Å²) >= 11 is 0. The van der Waals surface area contributed by atoms with Crippen LogP contribution in [-0.4, -0.2) is 26.2 Å². The van der Waals surface area contributed by atoms with Crippen LogP contribution in [0, 0.1) is 11.6 Å². The van der Waals surface area contributed by atoms with Crippen molar-refractivity contribution >= 4 is 17.6 Å². The first kappa shape index (κ1) is 20.1. The molecular weight excluding hydrogens is 384 g/mol. The quantitative estimate of drug-likeness (QED) is 0.715. The zero-order valence-corrected chi connectivity index (χ0v) is 15.9. The molecule has 0 aliphatic carbocycles. The molecule has 0 saturated heterocycles. The lowest BCUT2D eigenvalue weighted by Gasteiger charge is -2.29. The third-order valence-electron chi connectivity index (χ3n) is 4.43. The van der Waals surface area contributed by atoms with Gasteiger partial charge in [-0.2, -0.15) is 0 Å². The Hall–Kier alpha value is -3.62. The van der Waals surface area contributed by atoms with E-state index in [-0.39, 0.29) is 11.3 Å². The highest BCUT2D eigenvalue weighted by molar-refractivity contribution is 6.06. The van der Waals surface area contributed by atoms with E-state index >= 15 is 0 Å². The third-order valence-corrected chi connectivity index (χ3v) is 4.43. The second-order valence-corrected chi connectivity index (χ2v) is 6.27. The van der Waals surface area contributed by atoms with Gasteiger partial charge in [0.15, 0.2) is 23.1 Å². The number of carbonyl (C=O) groups is 2. The van der Waals surface area contributed by atoms with Crippen molar-refractivity contribution in [3.8, 4) is 11.5 Å². The molecule has 1 aliphatic heterocycles. The van der Waals surface area contributed by atoms with Gasteiger partial charge in [0.1, 0.15) is 0 Å². The minimum atomic E-state index is -1.08. The number of carbonyl (C=O) groups excluding carboxylic acids is 2. The molecule has 152 valence electrons. The van der Waals surface area contributed by atoms with E-state index in [0.29, 0.717) is 22.8 Å². The normalized spacial score (nSPS) is 16.0. The molecule has 1 atom stereocenters. The largest absolute Gasteiger partial charge is 0.493 e. The Bertz CT molecular complexity index is 1010. The fourth-order valence-electron chi connectivity index (χ4n) is 3.05. The monoisotopic (exact) mass is 403 g/mol. The van der Waals surface area contributed by atoms with Crippen LogP contribution >= 0.6 is 0 Å². The summed E-state index contributed by atoms with van der Waals surface area (Å²) in [5, 5.41) is 7.76. The zero-order chi connectivity index (χ0) is 21.1. The number of hydrogen-bond acceptors (Lipinski definition) is 4. The number of rotatable bonds is 5. The maximum absolute atomic E-state index is 13.5. The molecule has 2 aromatic rings. The van der Waals surface area contributed by atoms with Crippen molar-refractivity contribution in [1.82, 2.24) is 10.6 Å². The van der Waals surface area contributed by atoms with Gasteiger partial charge in [-0.1, -0.05) is 6.07 Å². The van der Waals surface area contributed by atoms with Gasteiger partial charge in [-0.3, -0.25) is 4.79 Å². The van der Waals surface area contributed by atoms with Crippen molar-refractivity contribution < 1.29 is 27.8 Å². The molecule has 1 aliphatic rings. The van der Waals surface area contributed by atoms with Crippen molar-refractivity contribution in [1.29, 1.82) is 0 Å². The molecule has 0 spiro atoms. The SMILES string of the molecule is COc1ccc([C@@H]2NC(=O)NC(C)=C2C(=O)Nc2ccc(F)c(F)c2)cc1OC. The molecule has 3 amide bonds. The molecule has 0 radical (unpaired) electrons. The number of ether oxygens (including phenoxy) is 2. The number of benzene rings is 2. The van der Waals surface area contributed by atoms with E-state index in [4.69, 9.17) is 9.47 Å². The Morgan fingerprint density at radius 3 is 2.41 bits per heavy atom. The molecule has 0 fully saturated rings. The average molecular weight is 403 g/mol. The van der Waals surface area contributed by atoms with E-state index in [1.54, 1.807) is 25.1 Å². The van der Waals surface area contributed by atoms with Crippen LogP contribution in [0.5, 0.6) is 11.5 Å². The average Bonchev–Trinajstić information content (AvgIpc) is 2.69. The highest BCUT2D eigenvalue weighted by Gasteiger charge is 2.32. The predicted molar refractivity (Wildman–Crippen MR) is 102 cm³/mol. The smallest absolute Gasteiger partial charge is 0.319 e. The van der Waals surface area contributed by atoms with Crippen LogP contribution in [0.2, 0.25) is 0 Å². The number of halogens is 2. The zero-order valence-electron chi connectivity index (χ0n) is 15.9. The Kier molecular flexibility index (Phi) is 5.67. The Labute approximate surface area is 165 Å². The molecule has 3 N–H and O–H groups in total. The lowest BCUT2D eigenvalue weighted by molar-refractivity contribution is -0.113. The van der Waals surface area contributed by atoms with Crippen molar-refractivity contribution in [2.75, 3.05) is 19.5 Å². The summed E-state index contributed by atoms with van der Waals surface area (Å²) < 4.78 is 37.1. The fourth-order valence-corrected chi connectivity index (χ4v) is 3.05. The van der Waals surface area contributed by atoms with Crippen LogP contribution in [0.15, 0.2) is 47.7 Å². The lowest BCUT2D eigenvalue weighted by atomic mass is 9.94. The van der Waals surface area contributed by atoms with Gasteiger partial charge in [0.05, 0.1) is 25.8 Å². The Morgan fingerprint density at radius 2 is 1.76 bits per heavy atom. The topological polar surface area (TPSA) is 88.7 Å². The molecule has 0 bridgehead atoms. The van der Waals surface area contributed by atoms with Gasteiger partial charge in [-0.15, -0.1) is 0 Å². The number of nitrogens with one attached hydrogen (secondary N) is 3. The number of methoxy groups -OCH3 is 2. The van der Waals surface area contributed by atoms with Crippen molar-refractivity contribution in [2.24, 2.45) is 0 Å². The second kappa shape index (κ2) is 8.17. The van der Waals surface area contributed by atoms with E-state index in [1.807, 2.05) is 0 Å². The Morgan fingerprint density at radius 1 is 1.03 bits per heavy atom. The van der Waals surface area contributed by atoms with Gasteiger partial charge < -0.3 is 25.4 Å². The third kappa shape index (κ3) is 4.13. The van der Waals surface area contributed by atoms with E-state index in [1.165, 1.54) is 20.3 Å². The summed E-state index contributed by atoms with van der Waals surface area (Å²) in [5.41, 5.74) is 1.19. The van der Waals surface area contributed by atoms with Crippen LogP contribution in [0.3, 0.4) is 0 Å². The standard InChI is InChI=1S/C20H19F2N3O4/c1-10-17(19(26)24-12-5-6-13(21)14(22)9-12)18(25-20(27)23-10)11-4-7-15(28-2)16(8-11)29-3/h4-9,18H,1-3H3,(H,24,26)(H2,23,25,27)/t18-/m0/s1. The molecule has 0 saturated carbocycles. The highest BCUT2D eigenvalue weighted by Crippen LogP contribution is 2.34. The summed E-state index contributed by atoms with van der Waals surface area (Å²) in [5.74, 6) is -1.77. The van der Waals surface area contributed by atoms with Crippen LogP contribution in [-0.2, 0) is 4.79 Å². The predicted octanol–water partition coefficient (Wildman–Crippen LogP) is 3.25. The van der Waals surface area contributed by atoms with E-state index in [0.717, 1.165) is 12.1 Å². The van der Waals surface area contributed by atoms with Crippen LogP contribution < -0.4 is 25.4 Å². The minimum Gasteiger partial charge on any atom is -0.493 e. The molecule has 2 aromatic carbocycles. The van der Waals surface area contributed by atoms with Gasteiger partial charge in [-0.05, 0) is 36.8 Å². The molecule has 1 heterocycles. The number of hydrogen-bond donors (Lipinski definition) is 3. The highest BCUT2D eigenvalue weighted by atomic mass is 19.2. The van der Waals surface area contributed by atoms with Crippen molar-refractivity contribution in [3.05, 3.63) is 64.9 Å². The van der Waals surface area contributed by atoms with Crippen LogP contribution in [0.25, 0.3) is 0 Å². The van der Waals surface area contributed by atoms with Crippen LogP contribution in [0.4, 0.5) is 19.3 Å². The van der Waals surface area contributed by atoms with Gasteiger partial charge in [-0.25, -0.2) is 13.6 Å². The minimum absolute atomic E-state index is 0.0807. The van der Waals surface area contributed by atoms with Crippen molar-refractivity contribution in [2.45, 2.75) is 13.0 Å².